The lowest BCUT2D eigenvalue weighted by Crippen LogP contribution is -2.50. The molecule has 0 spiro atoms. The average molecular weight is 1020 g/mol. The SMILES string of the molecule is COC(=O)c1nc(N(CCCCCN2CCN(C(=O)OC(C)(C)C)CC2)c2cc(C)c(N=c3sc4ccccc4n3COCC[Si](C)(C)C)nn2)sc1CCCOc1ccc(C#CCN(C)C)cc1F. The minimum atomic E-state index is -1.26. The van der Waals surface area contributed by atoms with Crippen molar-refractivity contribution in [2.24, 2.45) is 4.99 Å². The third-order valence-corrected chi connectivity index (χ3v) is 15.2. The second-order valence-electron chi connectivity index (χ2n) is 19.9. The summed E-state index contributed by atoms with van der Waals surface area (Å²) in [5.74, 6) is 6.19. The van der Waals surface area contributed by atoms with Crippen molar-refractivity contribution in [3.63, 3.8) is 0 Å². The van der Waals surface area contributed by atoms with Crippen molar-refractivity contribution < 1.29 is 32.9 Å². The first-order valence-corrected chi connectivity index (χ1v) is 29.4. The third kappa shape index (κ3) is 16.2. The number of para-hydroxylation sites is 1. The van der Waals surface area contributed by atoms with Crippen molar-refractivity contribution in [3.8, 4) is 17.6 Å². The van der Waals surface area contributed by atoms with Crippen LogP contribution in [0.15, 0.2) is 53.5 Å². The number of esters is 1. The lowest BCUT2D eigenvalue weighted by molar-refractivity contribution is 0.0144. The Morgan fingerprint density at radius 2 is 1.73 bits per heavy atom. The molecule has 3 aromatic heterocycles. The maximum Gasteiger partial charge on any atom is 0.410 e. The zero-order valence-corrected chi connectivity index (χ0v) is 45.2. The van der Waals surface area contributed by atoms with E-state index >= 15 is 0 Å². The van der Waals surface area contributed by atoms with Gasteiger partial charge in [-0.15, -0.1) is 21.5 Å². The van der Waals surface area contributed by atoms with Crippen LogP contribution in [0.3, 0.4) is 0 Å². The van der Waals surface area contributed by atoms with E-state index in [0.29, 0.717) is 74.7 Å². The number of hydrogen-bond donors (Lipinski definition) is 0. The molecule has 2 aromatic carbocycles. The van der Waals surface area contributed by atoms with Crippen LogP contribution >= 0.6 is 22.7 Å². The molecule has 5 aromatic rings. The van der Waals surface area contributed by atoms with Crippen LogP contribution < -0.4 is 14.4 Å². The van der Waals surface area contributed by atoms with Gasteiger partial charge < -0.3 is 28.7 Å². The molecular formula is C51H70FN9O6S2Si. The number of halogens is 1. The van der Waals surface area contributed by atoms with Crippen molar-refractivity contribution in [1.29, 1.82) is 0 Å². The molecule has 1 fully saturated rings. The number of hydrogen-bond acceptors (Lipinski definition) is 15. The number of anilines is 2. The van der Waals surface area contributed by atoms with Gasteiger partial charge in [0.1, 0.15) is 12.3 Å². The molecule has 70 heavy (non-hydrogen) atoms. The zero-order chi connectivity index (χ0) is 50.4. The Labute approximate surface area is 421 Å². The molecule has 15 nitrogen and oxygen atoms in total. The largest absolute Gasteiger partial charge is 0.491 e. The first kappa shape index (κ1) is 54.1. The van der Waals surface area contributed by atoms with E-state index in [2.05, 4.69) is 53.1 Å². The highest BCUT2D eigenvalue weighted by Gasteiger charge is 2.27. The zero-order valence-electron chi connectivity index (χ0n) is 42.6. The summed E-state index contributed by atoms with van der Waals surface area (Å²) >= 11 is 2.98. The summed E-state index contributed by atoms with van der Waals surface area (Å²) in [4.78, 5) is 45.4. The molecule has 0 saturated carbocycles. The molecule has 6 rings (SSSR count). The highest BCUT2D eigenvalue weighted by Crippen LogP contribution is 2.34. The van der Waals surface area contributed by atoms with Gasteiger partial charge in [-0.1, -0.05) is 61.4 Å². The summed E-state index contributed by atoms with van der Waals surface area (Å²) < 4.78 is 41.0. The summed E-state index contributed by atoms with van der Waals surface area (Å²) in [5.41, 5.74) is 2.15. The number of carbonyl (C=O) groups excluding carboxylic acids is 2. The molecule has 0 radical (unpaired) electrons. The minimum absolute atomic E-state index is 0.141. The van der Waals surface area contributed by atoms with Gasteiger partial charge in [0.2, 0.25) is 0 Å². The predicted octanol–water partition coefficient (Wildman–Crippen LogP) is 9.51. The Bertz CT molecular complexity index is 2670. The molecule has 19 heteroatoms. The quantitative estimate of drug-likeness (QED) is 0.0299. The Morgan fingerprint density at radius 3 is 2.43 bits per heavy atom. The molecule has 4 heterocycles. The molecule has 0 aliphatic carbocycles. The molecule has 1 amide bonds. The van der Waals surface area contributed by atoms with Crippen LogP contribution in [0, 0.1) is 24.6 Å². The van der Waals surface area contributed by atoms with Crippen LogP contribution in [0.5, 0.6) is 5.75 Å². The van der Waals surface area contributed by atoms with Gasteiger partial charge in [0, 0.05) is 57.8 Å². The highest BCUT2D eigenvalue weighted by atomic mass is 32.1. The fourth-order valence-electron chi connectivity index (χ4n) is 7.42. The van der Waals surface area contributed by atoms with Gasteiger partial charge in [-0.25, -0.2) is 19.0 Å². The first-order chi connectivity index (χ1) is 33.4. The number of aryl methyl sites for hydroxylation is 2. The van der Waals surface area contributed by atoms with Crippen molar-refractivity contribution in [2.45, 2.75) is 97.8 Å². The summed E-state index contributed by atoms with van der Waals surface area (Å²) in [6, 6.07) is 16.0. The Kier molecular flexibility index (Phi) is 19.5. The summed E-state index contributed by atoms with van der Waals surface area (Å²) in [6.45, 7) is 20.9. The number of benzene rings is 2. The average Bonchev–Trinajstić information content (AvgIpc) is 3.89. The van der Waals surface area contributed by atoms with Gasteiger partial charge in [0.25, 0.3) is 0 Å². The second kappa shape index (κ2) is 25.2. The number of methoxy groups -OCH3 is 1. The molecule has 378 valence electrons. The van der Waals surface area contributed by atoms with Gasteiger partial charge in [-0.05, 0) is 122 Å². The first-order valence-electron chi connectivity index (χ1n) is 24.0. The van der Waals surface area contributed by atoms with Gasteiger partial charge in [-0.3, -0.25) is 14.4 Å². The van der Waals surface area contributed by atoms with Crippen molar-refractivity contribution in [3.05, 3.63) is 80.8 Å². The van der Waals surface area contributed by atoms with Gasteiger partial charge in [-0.2, -0.15) is 4.99 Å². The topological polar surface area (TPSA) is 140 Å². The van der Waals surface area contributed by atoms with Crippen molar-refractivity contribution in [2.75, 3.05) is 85.1 Å². The van der Waals surface area contributed by atoms with E-state index in [1.807, 2.05) is 69.8 Å². The van der Waals surface area contributed by atoms with Crippen LogP contribution in [0.1, 0.15) is 72.9 Å². The van der Waals surface area contributed by atoms with Crippen molar-refractivity contribution in [1.82, 2.24) is 34.4 Å². The number of ether oxygens (including phenoxy) is 4. The van der Waals surface area contributed by atoms with E-state index in [1.54, 1.807) is 28.4 Å². The molecule has 0 bridgehead atoms. The van der Waals surface area contributed by atoms with E-state index < -0.39 is 25.5 Å². The van der Waals surface area contributed by atoms with E-state index in [9.17, 15) is 14.0 Å². The number of thiazole rings is 2. The van der Waals surface area contributed by atoms with Gasteiger partial charge >= 0.3 is 12.1 Å². The molecule has 0 N–H and O–H groups in total. The second-order valence-corrected chi connectivity index (χ2v) is 27.6. The monoisotopic (exact) mass is 1020 g/mol. The van der Waals surface area contributed by atoms with Crippen LogP contribution in [0.4, 0.5) is 26.0 Å². The summed E-state index contributed by atoms with van der Waals surface area (Å²) in [7, 11) is 3.93. The summed E-state index contributed by atoms with van der Waals surface area (Å²) in [6.07, 6.45) is 3.38. The number of piperazine rings is 1. The van der Waals surface area contributed by atoms with Crippen molar-refractivity contribution >= 4 is 69.8 Å². The lowest BCUT2D eigenvalue weighted by Gasteiger charge is -2.35. The van der Waals surface area contributed by atoms with Crippen LogP contribution in [0.2, 0.25) is 25.7 Å². The normalized spacial score (nSPS) is 13.7. The van der Waals surface area contributed by atoms with E-state index in [1.165, 1.54) is 24.5 Å². The van der Waals surface area contributed by atoms with Gasteiger partial charge in [0.15, 0.2) is 38.8 Å². The van der Waals surface area contributed by atoms with E-state index in [-0.39, 0.29) is 24.1 Å². The number of nitrogens with zero attached hydrogens (tertiary/aromatic N) is 9. The number of rotatable bonds is 21. The lowest BCUT2D eigenvalue weighted by atomic mass is 10.2. The standard InChI is InChI=1S/C51H70FN9O6S2Si/c1-37-34-44(55-56-46(37)54-49-61(36-65-32-33-70(8,9)10)40-19-12-13-20-42(40)68-49)60(26-15-11-14-25-58-27-29-59(30-28-58)50(63)67-51(2,3)4)48-53-45(47(62)64-7)43(69-48)21-17-31-66-41-23-22-38(35-39(41)52)18-16-24-57(5)6/h12-13,19-20,22-23,34-35H,11,14-15,17,21,24-33,36H2,1-10H3. The molecule has 1 aliphatic heterocycles. The van der Waals surface area contributed by atoms with Crippen LogP contribution in [0.25, 0.3) is 10.2 Å². The van der Waals surface area contributed by atoms with Crippen LogP contribution in [-0.4, -0.2) is 140 Å². The Morgan fingerprint density at radius 1 is 0.957 bits per heavy atom. The molecule has 0 unspecified atom stereocenters. The molecule has 0 atom stereocenters. The smallest absolute Gasteiger partial charge is 0.410 e. The highest BCUT2D eigenvalue weighted by molar-refractivity contribution is 7.16. The van der Waals surface area contributed by atoms with E-state index in [0.717, 1.165) is 70.4 Å². The fraction of sp³-hybridized carbons (Fsp3) is 0.529. The fourth-order valence-corrected chi connectivity index (χ4v) is 10.3. The number of amides is 1. The number of carbonyl (C=O) groups is 2. The Balaban J connectivity index is 1.19. The van der Waals surface area contributed by atoms with Crippen LogP contribution in [-0.2, 0) is 27.4 Å². The maximum atomic E-state index is 15.0. The number of aromatic nitrogens is 4. The molecule has 1 saturated heterocycles. The maximum absolute atomic E-state index is 15.0. The summed E-state index contributed by atoms with van der Waals surface area (Å²) in [5, 5.41) is 10.0. The minimum Gasteiger partial charge on any atom is -0.491 e. The predicted molar refractivity (Wildman–Crippen MR) is 280 cm³/mol. The molecule has 1 aliphatic rings. The third-order valence-electron chi connectivity index (χ3n) is 11.3. The number of fused-ring (bicyclic) bond motifs is 1. The van der Waals surface area contributed by atoms with Gasteiger partial charge in [0.05, 0.1) is 30.5 Å². The van der Waals surface area contributed by atoms with E-state index in [4.69, 9.17) is 39.1 Å². The number of unbranched alkanes of at least 4 members (excludes halogenated alkanes) is 2. The Hall–Kier alpha value is -5.23. The molecular weight excluding hydrogens is 946 g/mol.